The molecule has 0 radical (unpaired) electrons. The highest BCUT2D eigenvalue weighted by Gasteiger charge is 2.11. The molecule has 0 bridgehead atoms. The molecular formula is C16H14O3. The lowest BCUT2D eigenvalue weighted by molar-refractivity contribution is -0.116. The Morgan fingerprint density at radius 2 is 1.58 bits per heavy atom. The quantitative estimate of drug-likeness (QED) is 0.622. The number of hydrogen-bond donors (Lipinski definition) is 0. The third kappa shape index (κ3) is 3.52. The molecule has 0 spiro atoms. The SMILES string of the molecule is CC(=O)Cc1ccccc1OC(=O)c1ccccc1. The Bertz CT molecular complexity index is 588. The van der Waals surface area contributed by atoms with Crippen molar-refractivity contribution in [3.8, 4) is 5.75 Å². The van der Waals surface area contributed by atoms with Gasteiger partial charge in [-0.25, -0.2) is 4.79 Å². The van der Waals surface area contributed by atoms with Crippen molar-refractivity contribution in [1.29, 1.82) is 0 Å². The lowest BCUT2D eigenvalue weighted by Gasteiger charge is -2.08. The first-order valence-corrected chi connectivity index (χ1v) is 6.01. The van der Waals surface area contributed by atoms with E-state index in [1.807, 2.05) is 12.1 Å². The van der Waals surface area contributed by atoms with Crippen molar-refractivity contribution in [2.24, 2.45) is 0 Å². The third-order valence-corrected chi connectivity index (χ3v) is 2.62. The van der Waals surface area contributed by atoms with Crippen LogP contribution in [0.2, 0.25) is 0 Å². The molecule has 19 heavy (non-hydrogen) atoms. The van der Waals surface area contributed by atoms with Crippen LogP contribution in [-0.2, 0) is 11.2 Å². The Morgan fingerprint density at radius 1 is 0.947 bits per heavy atom. The van der Waals surface area contributed by atoms with Gasteiger partial charge in [-0.1, -0.05) is 36.4 Å². The molecule has 0 N–H and O–H groups in total. The minimum Gasteiger partial charge on any atom is -0.423 e. The zero-order chi connectivity index (χ0) is 13.7. The lowest BCUT2D eigenvalue weighted by atomic mass is 10.1. The average Bonchev–Trinajstić information content (AvgIpc) is 2.41. The standard InChI is InChI=1S/C16H14O3/c1-12(17)11-14-9-5-6-10-15(14)19-16(18)13-7-3-2-4-8-13/h2-10H,11H2,1H3. The summed E-state index contributed by atoms with van der Waals surface area (Å²) < 4.78 is 5.34. The molecule has 0 fully saturated rings. The lowest BCUT2D eigenvalue weighted by Crippen LogP contribution is -2.10. The van der Waals surface area contributed by atoms with Crippen LogP contribution < -0.4 is 4.74 Å². The second kappa shape index (κ2) is 5.96. The topological polar surface area (TPSA) is 43.4 Å². The van der Waals surface area contributed by atoms with Gasteiger partial charge in [0.15, 0.2) is 0 Å². The number of rotatable bonds is 4. The van der Waals surface area contributed by atoms with E-state index in [1.165, 1.54) is 6.92 Å². The summed E-state index contributed by atoms with van der Waals surface area (Å²) >= 11 is 0. The largest absolute Gasteiger partial charge is 0.423 e. The van der Waals surface area contributed by atoms with Crippen molar-refractivity contribution in [2.45, 2.75) is 13.3 Å². The van der Waals surface area contributed by atoms with Crippen LogP contribution in [0.4, 0.5) is 0 Å². The number of para-hydroxylation sites is 1. The second-order valence-electron chi connectivity index (χ2n) is 4.24. The Kier molecular flexibility index (Phi) is 4.08. The number of Topliss-reactive ketones (excluding diaryl/α,β-unsaturated/α-hetero) is 1. The van der Waals surface area contributed by atoms with Gasteiger partial charge in [-0.2, -0.15) is 0 Å². The van der Waals surface area contributed by atoms with Gasteiger partial charge in [0.05, 0.1) is 5.56 Å². The predicted octanol–water partition coefficient (Wildman–Crippen LogP) is 3.04. The molecule has 0 heterocycles. The van der Waals surface area contributed by atoms with E-state index in [1.54, 1.807) is 42.5 Å². The van der Waals surface area contributed by atoms with Crippen molar-refractivity contribution in [1.82, 2.24) is 0 Å². The fraction of sp³-hybridized carbons (Fsp3) is 0.125. The molecule has 3 nitrogen and oxygen atoms in total. The number of carbonyl (C=O) groups excluding carboxylic acids is 2. The number of benzene rings is 2. The first-order valence-electron chi connectivity index (χ1n) is 6.01. The molecule has 0 atom stereocenters. The fourth-order valence-electron chi connectivity index (χ4n) is 1.75. The van der Waals surface area contributed by atoms with Crippen LogP contribution in [0.15, 0.2) is 54.6 Å². The Hall–Kier alpha value is -2.42. The highest BCUT2D eigenvalue weighted by atomic mass is 16.5. The molecule has 3 heteroatoms. The first-order chi connectivity index (χ1) is 9.16. The predicted molar refractivity (Wildman–Crippen MR) is 72.2 cm³/mol. The van der Waals surface area contributed by atoms with Gasteiger partial charge in [-0.3, -0.25) is 4.79 Å². The normalized spacial score (nSPS) is 9.95. The van der Waals surface area contributed by atoms with E-state index in [-0.39, 0.29) is 12.2 Å². The molecule has 2 rings (SSSR count). The summed E-state index contributed by atoms with van der Waals surface area (Å²) in [6, 6.07) is 15.8. The number of ketones is 1. The molecule has 0 unspecified atom stereocenters. The molecule has 0 saturated carbocycles. The summed E-state index contributed by atoms with van der Waals surface area (Å²) in [5.74, 6) is 0.0476. The summed E-state index contributed by atoms with van der Waals surface area (Å²) in [7, 11) is 0. The van der Waals surface area contributed by atoms with Crippen molar-refractivity contribution in [3.63, 3.8) is 0 Å². The summed E-state index contributed by atoms with van der Waals surface area (Å²) in [5, 5.41) is 0. The summed E-state index contributed by atoms with van der Waals surface area (Å²) in [6.07, 6.45) is 0.262. The van der Waals surface area contributed by atoms with Gasteiger partial charge in [0.25, 0.3) is 0 Å². The van der Waals surface area contributed by atoms with E-state index in [0.29, 0.717) is 11.3 Å². The monoisotopic (exact) mass is 254 g/mol. The molecule has 96 valence electrons. The molecule has 2 aromatic rings. The van der Waals surface area contributed by atoms with E-state index < -0.39 is 5.97 Å². The Balaban J connectivity index is 2.19. The van der Waals surface area contributed by atoms with Crippen LogP contribution in [0.1, 0.15) is 22.8 Å². The van der Waals surface area contributed by atoms with Gasteiger partial charge in [-0.05, 0) is 25.1 Å². The van der Waals surface area contributed by atoms with Gasteiger partial charge in [0.2, 0.25) is 0 Å². The van der Waals surface area contributed by atoms with Gasteiger partial charge in [-0.15, -0.1) is 0 Å². The summed E-state index contributed by atoms with van der Waals surface area (Å²) in [6.45, 7) is 1.51. The van der Waals surface area contributed by atoms with Crippen LogP contribution in [0.25, 0.3) is 0 Å². The van der Waals surface area contributed by atoms with Crippen LogP contribution in [0, 0.1) is 0 Å². The van der Waals surface area contributed by atoms with E-state index in [2.05, 4.69) is 0 Å². The van der Waals surface area contributed by atoms with Gasteiger partial charge < -0.3 is 4.74 Å². The van der Waals surface area contributed by atoms with Gasteiger partial charge >= 0.3 is 5.97 Å². The maximum atomic E-state index is 11.9. The average molecular weight is 254 g/mol. The number of hydrogen-bond acceptors (Lipinski definition) is 3. The molecule has 0 aliphatic heterocycles. The van der Waals surface area contributed by atoms with Crippen molar-refractivity contribution in [3.05, 3.63) is 65.7 Å². The van der Waals surface area contributed by atoms with Crippen LogP contribution in [-0.4, -0.2) is 11.8 Å². The molecule has 0 aromatic heterocycles. The van der Waals surface area contributed by atoms with E-state index in [9.17, 15) is 9.59 Å². The Morgan fingerprint density at radius 3 is 2.26 bits per heavy atom. The van der Waals surface area contributed by atoms with Crippen molar-refractivity contribution < 1.29 is 14.3 Å². The molecular weight excluding hydrogens is 240 g/mol. The smallest absolute Gasteiger partial charge is 0.343 e. The van der Waals surface area contributed by atoms with E-state index in [0.717, 1.165) is 5.56 Å². The highest BCUT2D eigenvalue weighted by Crippen LogP contribution is 2.20. The highest BCUT2D eigenvalue weighted by molar-refractivity contribution is 5.91. The van der Waals surface area contributed by atoms with Crippen molar-refractivity contribution >= 4 is 11.8 Å². The number of esters is 1. The first kappa shape index (κ1) is 13.0. The van der Waals surface area contributed by atoms with Gasteiger partial charge in [0.1, 0.15) is 11.5 Å². The second-order valence-corrected chi connectivity index (χ2v) is 4.24. The molecule has 2 aromatic carbocycles. The van der Waals surface area contributed by atoms with E-state index in [4.69, 9.17) is 4.74 Å². The van der Waals surface area contributed by atoms with Crippen LogP contribution in [0.3, 0.4) is 0 Å². The summed E-state index contributed by atoms with van der Waals surface area (Å²) in [5.41, 5.74) is 1.21. The maximum Gasteiger partial charge on any atom is 0.343 e. The van der Waals surface area contributed by atoms with Gasteiger partial charge in [0, 0.05) is 12.0 Å². The summed E-state index contributed by atoms with van der Waals surface area (Å²) in [4.78, 5) is 23.1. The Labute approximate surface area is 111 Å². The number of ether oxygens (including phenoxy) is 1. The molecule has 0 amide bonds. The van der Waals surface area contributed by atoms with Crippen LogP contribution in [0.5, 0.6) is 5.75 Å². The van der Waals surface area contributed by atoms with E-state index >= 15 is 0 Å². The van der Waals surface area contributed by atoms with Crippen molar-refractivity contribution in [2.75, 3.05) is 0 Å². The molecule has 0 aliphatic carbocycles. The minimum absolute atomic E-state index is 0.0308. The molecule has 0 saturated heterocycles. The molecule has 0 aliphatic rings. The van der Waals surface area contributed by atoms with Crippen LogP contribution >= 0.6 is 0 Å². The third-order valence-electron chi connectivity index (χ3n) is 2.62. The zero-order valence-electron chi connectivity index (χ0n) is 10.6. The number of carbonyl (C=O) groups is 2. The fourth-order valence-corrected chi connectivity index (χ4v) is 1.75. The zero-order valence-corrected chi connectivity index (χ0v) is 10.6. The minimum atomic E-state index is -0.420. The maximum absolute atomic E-state index is 11.9.